The van der Waals surface area contributed by atoms with E-state index in [1.165, 1.54) is 16.7 Å². The highest BCUT2D eigenvalue weighted by atomic mass is 16.3. The van der Waals surface area contributed by atoms with Crippen LogP contribution in [0.3, 0.4) is 0 Å². The molecule has 0 bridgehead atoms. The third-order valence-electron chi connectivity index (χ3n) is 8.75. The smallest absolute Gasteiger partial charge is 0.143 e. The summed E-state index contributed by atoms with van der Waals surface area (Å²) < 4.78 is 48.3. The Bertz CT molecular complexity index is 2730. The summed E-state index contributed by atoms with van der Waals surface area (Å²) in [6.45, 7) is 0. The molecule has 0 spiro atoms. The Morgan fingerprint density at radius 3 is 1.62 bits per heavy atom. The van der Waals surface area contributed by atoms with Gasteiger partial charge in [-0.25, -0.2) is 0 Å². The first-order valence-corrected chi connectivity index (χ1v) is 15.0. The van der Waals surface area contributed by atoms with Gasteiger partial charge in [-0.1, -0.05) is 152 Å². The van der Waals surface area contributed by atoms with Crippen molar-refractivity contribution < 1.29 is 11.3 Å². The van der Waals surface area contributed by atoms with Crippen molar-refractivity contribution in [1.29, 1.82) is 0 Å². The molecule has 1 nitrogen and oxygen atoms in total. The molecule has 0 amide bonds. The quantitative estimate of drug-likeness (QED) is 0.190. The number of benzene rings is 8. The van der Waals surface area contributed by atoms with Crippen LogP contribution in [0.5, 0.6) is 0 Å². The zero-order valence-electron chi connectivity index (χ0n) is 29.2. The molecule has 8 aromatic carbocycles. The second-order valence-corrected chi connectivity index (χ2v) is 11.3. The van der Waals surface area contributed by atoms with Crippen molar-refractivity contribution in [2.75, 3.05) is 0 Å². The van der Waals surface area contributed by atoms with Gasteiger partial charge in [0.2, 0.25) is 0 Å². The fourth-order valence-corrected chi connectivity index (χ4v) is 6.77. The topological polar surface area (TPSA) is 13.1 Å². The normalized spacial score (nSPS) is 13.1. The standard InChI is InChI=1S/C44H28O/c1-3-13-29(14-4-1)31-17-11-18-32(27-31)42-36-19-7-9-21-38(36)43(39-22-10-8-20-37(39)42)33-25-26-35-40-24-12-23-34(30-15-5-2-6-16-30)44(40)45-41(35)28-33/h1-28H/i2D,5D,6D,15D,16D. The van der Waals surface area contributed by atoms with E-state index in [0.717, 1.165) is 49.0 Å². The third-order valence-corrected chi connectivity index (χ3v) is 8.75. The molecule has 0 aliphatic carbocycles. The molecule has 1 heteroatoms. The van der Waals surface area contributed by atoms with Gasteiger partial charge >= 0.3 is 0 Å². The molecule has 0 radical (unpaired) electrons. The molecule has 0 saturated carbocycles. The highest BCUT2D eigenvalue weighted by Crippen LogP contribution is 2.45. The largest absolute Gasteiger partial charge is 0.455 e. The zero-order chi connectivity index (χ0) is 34.1. The minimum absolute atomic E-state index is 0.129. The van der Waals surface area contributed by atoms with E-state index < -0.39 is 6.04 Å². The SMILES string of the molecule is [2H]c1c([2H])c([2H])c(-c2cccc3c2oc2cc(-c4c5ccccc5c(-c5cccc(-c6ccccc6)c5)c5ccccc45)ccc23)c([2H])c1[2H]. The molecule has 45 heavy (non-hydrogen) atoms. The van der Waals surface area contributed by atoms with Crippen LogP contribution >= 0.6 is 0 Å². The molecule has 0 fully saturated rings. The average molecular weight is 578 g/mol. The van der Waals surface area contributed by atoms with Gasteiger partial charge in [0.15, 0.2) is 0 Å². The van der Waals surface area contributed by atoms with Crippen molar-refractivity contribution in [3.05, 3.63) is 170 Å². The Labute approximate surface area is 268 Å². The minimum Gasteiger partial charge on any atom is -0.455 e. The fourth-order valence-electron chi connectivity index (χ4n) is 6.77. The van der Waals surface area contributed by atoms with Crippen LogP contribution in [0.4, 0.5) is 0 Å². The second kappa shape index (κ2) is 10.4. The second-order valence-electron chi connectivity index (χ2n) is 11.3. The van der Waals surface area contributed by atoms with Crippen LogP contribution < -0.4 is 0 Å². The maximum atomic E-state index is 8.60. The highest BCUT2D eigenvalue weighted by molar-refractivity contribution is 6.22. The predicted octanol–water partition coefficient (Wildman–Crippen LogP) is 12.6. The zero-order valence-corrected chi connectivity index (χ0v) is 24.2. The van der Waals surface area contributed by atoms with Gasteiger partial charge in [-0.05, 0) is 78.7 Å². The average Bonchev–Trinajstić information content (AvgIpc) is 3.54. The molecule has 0 saturated heterocycles. The minimum atomic E-state index is -0.417. The molecule has 1 aromatic heterocycles. The third kappa shape index (κ3) is 4.17. The van der Waals surface area contributed by atoms with Crippen LogP contribution in [0.15, 0.2) is 174 Å². The first kappa shape index (κ1) is 20.9. The molecule has 210 valence electrons. The Morgan fingerprint density at radius 1 is 0.378 bits per heavy atom. The molecule has 1 heterocycles. The van der Waals surface area contributed by atoms with Gasteiger partial charge in [0.25, 0.3) is 0 Å². The van der Waals surface area contributed by atoms with Gasteiger partial charge in [0, 0.05) is 16.3 Å². The van der Waals surface area contributed by atoms with Crippen LogP contribution in [-0.2, 0) is 0 Å². The lowest BCUT2D eigenvalue weighted by Crippen LogP contribution is -1.91. The first-order chi connectivity index (χ1) is 24.4. The lowest BCUT2D eigenvalue weighted by molar-refractivity contribution is 0.670. The summed E-state index contributed by atoms with van der Waals surface area (Å²) in [6.07, 6.45) is 0. The van der Waals surface area contributed by atoms with Crippen molar-refractivity contribution in [2.45, 2.75) is 0 Å². The summed E-state index contributed by atoms with van der Waals surface area (Å²) in [7, 11) is 0. The van der Waals surface area contributed by atoms with Gasteiger partial charge in [-0.15, -0.1) is 0 Å². The predicted molar refractivity (Wildman–Crippen MR) is 190 cm³/mol. The van der Waals surface area contributed by atoms with Gasteiger partial charge in [0.1, 0.15) is 11.2 Å². The first-order valence-electron chi connectivity index (χ1n) is 17.5. The van der Waals surface area contributed by atoms with E-state index in [1.54, 1.807) is 6.07 Å². The summed E-state index contributed by atoms with van der Waals surface area (Å²) in [5, 5.41) is 6.27. The summed E-state index contributed by atoms with van der Waals surface area (Å²) >= 11 is 0. The van der Waals surface area contributed by atoms with Crippen molar-refractivity contribution in [3.8, 4) is 44.5 Å². The number of para-hydroxylation sites is 1. The number of furan rings is 1. The summed E-state index contributed by atoms with van der Waals surface area (Å²) in [4.78, 5) is 0. The molecular weight excluding hydrogens is 544 g/mol. The van der Waals surface area contributed by atoms with Crippen LogP contribution in [0.2, 0.25) is 0 Å². The number of fused-ring (bicyclic) bond motifs is 5. The van der Waals surface area contributed by atoms with Crippen LogP contribution in [0.25, 0.3) is 88.0 Å². The number of rotatable bonds is 4. The van der Waals surface area contributed by atoms with Crippen molar-refractivity contribution in [1.82, 2.24) is 0 Å². The molecule has 0 aliphatic heterocycles. The lowest BCUT2D eigenvalue weighted by atomic mass is 9.85. The number of hydrogen-bond donors (Lipinski definition) is 0. The molecule has 0 aliphatic rings. The molecule has 9 rings (SSSR count). The highest BCUT2D eigenvalue weighted by Gasteiger charge is 2.19. The van der Waals surface area contributed by atoms with Crippen molar-refractivity contribution in [3.63, 3.8) is 0 Å². The van der Waals surface area contributed by atoms with E-state index in [-0.39, 0.29) is 29.7 Å². The maximum Gasteiger partial charge on any atom is 0.143 e. The van der Waals surface area contributed by atoms with E-state index in [4.69, 9.17) is 11.3 Å². The van der Waals surface area contributed by atoms with E-state index in [2.05, 4.69) is 115 Å². The van der Waals surface area contributed by atoms with E-state index in [9.17, 15) is 0 Å². The Morgan fingerprint density at radius 2 is 0.933 bits per heavy atom. The molecule has 0 atom stereocenters. The summed E-state index contributed by atoms with van der Waals surface area (Å²) in [5.74, 6) is 0. The van der Waals surface area contributed by atoms with E-state index in [0.29, 0.717) is 16.7 Å². The van der Waals surface area contributed by atoms with E-state index in [1.807, 2.05) is 18.2 Å². The molecule has 0 unspecified atom stereocenters. The van der Waals surface area contributed by atoms with Crippen LogP contribution in [-0.4, -0.2) is 0 Å². The number of hydrogen-bond acceptors (Lipinski definition) is 1. The lowest BCUT2D eigenvalue weighted by Gasteiger charge is -2.18. The Balaban J connectivity index is 1.28. The van der Waals surface area contributed by atoms with Gasteiger partial charge in [0.05, 0.1) is 6.85 Å². The van der Waals surface area contributed by atoms with E-state index >= 15 is 0 Å². The molecule has 0 N–H and O–H groups in total. The van der Waals surface area contributed by atoms with Crippen LogP contribution in [0, 0.1) is 0 Å². The van der Waals surface area contributed by atoms with Gasteiger partial charge in [-0.2, -0.15) is 0 Å². The van der Waals surface area contributed by atoms with Crippen molar-refractivity contribution >= 4 is 43.5 Å². The summed E-state index contributed by atoms with van der Waals surface area (Å²) in [6, 6.07) is 46.4. The maximum absolute atomic E-state index is 8.60. The Kier molecular flexibility index (Phi) is 4.81. The molecular formula is C44H28O. The molecule has 9 aromatic rings. The summed E-state index contributed by atoms with van der Waals surface area (Å²) in [5.41, 5.74) is 8.52. The van der Waals surface area contributed by atoms with Crippen LogP contribution in [0.1, 0.15) is 6.85 Å². The van der Waals surface area contributed by atoms with Gasteiger partial charge in [-0.3, -0.25) is 0 Å². The Hall–Kier alpha value is -5.92. The monoisotopic (exact) mass is 577 g/mol. The van der Waals surface area contributed by atoms with Gasteiger partial charge < -0.3 is 4.42 Å². The van der Waals surface area contributed by atoms with Crippen molar-refractivity contribution in [2.24, 2.45) is 0 Å². The fraction of sp³-hybridized carbons (Fsp3) is 0.